The second-order valence-electron chi connectivity index (χ2n) is 10.5. The Bertz CT molecular complexity index is 1130. The molecule has 37 heavy (non-hydrogen) atoms. The number of nitrogens with zero attached hydrogens (tertiary/aromatic N) is 5. The van der Waals surface area contributed by atoms with Crippen LogP contribution in [0.5, 0.6) is 0 Å². The number of nitrogens with one attached hydrogen (secondary N) is 1. The lowest BCUT2D eigenvalue weighted by Gasteiger charge is -2.37. The lowest BCUT2D eigenvalue weighted by Crippen LogP contribution is -2.50. The van der Waals surface area contributed by atoms with Gasteiger partial charge in [-0.1, -0.05) is 12.1 Å². The molecule has 9 nitrogen and oxygen atoms in total. The minimum atomic E-state index is -0.491. The first-order valence-corrected chi connectivity index (χ1v) is 12.9. The average molecular weight is 505 g/mol. The maximum Gasteiger partial charge on any atom is 0.410 e. The van der Waals surface area contributed by atoms with Crippen LogP contribution < -0.4 is 15.1 Å². The number of nitriles is 1. The number of hydrogen-bond acceptors (Lipinski definition) is 7. The summed E-state index contributed by atoms with van der Waals surface area (Å²) < 4.78 is 5.50. The number of piperazine rings is 1. The second kappa shape index (κ2) is 11.5. The maximum atomic E-state index is 12.6. The molecule has 1 unspecified atom stereocenters. The van der Waals surface area contributed by atoms with Gasteiger partial charge in [-0.2, -0.15) is 5.26 Å². The molecule has 3 heterocycles. The van der Waals surface area contributed by atoms with Crippen molar-refractivity contribution in [1.82, 2.24) is 15.2 Å². The molecule has 2 aromatic rings. The highest BCUT2D eigenvalue weighted by Gasteiger charge is 2.29. The van der Waals surface area contributed by atoms with Gasteiger partial charge in [0.15, 0.2) is 0 Å². The van der Waals surface area contributed by atoms with E-state index in [1.807, 2.05) is 33.0 Å². The van der Waals surface area contributed by atoms with E-state index in [0.29, 0.717) is 13.1 Å². The average Bonchev–Trinajstić information content (AvgIpc) is 2.91. The molecule has 1 aromatic carbocycles. The molecule has 4 rings (SSSR count). The highest BCUT2D eigenvalue weighted by atomic mass is 16.6. The molecule has 9 heteroatoms. The minimum absolute atomic E-state index is 0.0177. The molecule has 2 amide bonds. The summed E-state index contributed by atoms with van der Waals surface area (Å²) in [6.45, 7) is 9.20. The van der Waals surface area contributed by atoms with Crippen molar-refractivity contribution in [1.29, 1.82) is 5.26 Å². The van der Waals surface area contributed by atoms with Crippen LogP contribution in [0.4, 0.5) is 16.2 Å². The number of pyridine rings is 1. The van der Waals surface area contributed by atoms with E-state index in [2.05, 4.69) is 50.4 Å². The smallest absolute Gasteiger partial charge is 0.410 e. The van der Waals surface area contributed by atoms with Crippen molar-refractivity contribution in [2.24, 2.45) is 0 Å². The van der Waals surface area contributed by atoms with Gasteiger partial charge in [-0.05, 0) is 63.8 Å². The predicted molar refractivity (Wildman–Crippen MR) is 143 cm³/mol. The molecule has 0 radical (unpaired) electrons. The van der Waals surface area contributed by atoms with Crippen molar-refractivity contribution in [2.45, 2.75) is 51.7 Å². The molecule has 0 bridgehead atoms. The van der Waals surface area contributed by atoms with Crippen molar-refractivity contribution in [3.05, 3.63) is 42.7 Å². The molecule has 2 aliphatic rings. The monoisotopic (exact) mass is 504 g/mol. The largest absolute Gasteiger partial charge is 0.444 e. The van der Waals surface area contributed by atoms with E-state index < -0.39 is 5.60 Å². The zero-order chi connectivity index (χ0) is 26.4. The zero-order valence-electron chi connectivity index (χ0n) is 21.9. The van der Waals surface area contributed by atoms with Gasteiger partial charge in [-0.15, -0.1) is 0 Å². The molecule has 0 spiro atoms. The first-order chi connectivity index (χ1) is 17.7. The number of anilines is 2. The second-order valence-corrected chi connectivity index (χ2v) is 10.5. The lowest BCUT2D eigenvalue weighted by atomic mass is 9.99. The van der Waals surface area contributed by atoms with Gasteiger partial charge in [0.2, 0.25) is 5.91 Å². The van der Waals surface area contributed by atoms with E-state index in [1.165, 1.54) is 0 Å². The third-order valence-corrected chi connectivity index (χ3v) is 6.70. The van der Waals surface area contributed by atoms with Crippen molar-refractivity contribution >= 4 is 23.4 Å². The van der Waals surface area contributed by atoms with Crippen LogP contribution in [-0.2, 0) is 9.53 Å². The fourth-order valence-electron chi connectivity index (χ4n) is 4.84. The Morgan fingerprint density at radius 3 is 2.43 bits per heavy atom. The molecule has 2 aliphatic heterocycles. The van der Waals surface area contributed by atoms with E-state index >= 15 is 0 Å². The van der Waals surface area contributed by atoms with E-state index in [9.17, 15) is 9.59 Å². The van der Waals surface area contributed by atoms with Crippen LogP contribution in [0.2, 0.25) is 0 Å². The van der Waals surface area contributed by atoms with Crippen LogP contribution in [0.1, 0.15) is 40.0 Å². The number of aromatic nitrogens is 1. The fourth-order valence-corrected chi connectivity index (χ4v) is 4.84. The molecular formula is C28H36N6O3. The first kappa shape index (κ1) is 26.3. The van der Waals surface area contributed by atoms with E-state index in [-0.39, 0.29) is 24.6 Å². The Hall–Kier alpha value is -3.80. The molecular weight excluding hydrogens is 468 g/mol. The van der Waals surface area contributed by atoms with Crippen molar-refractivity contribution in [3.8, 4) is 17.2 Å². The fraction of sp³-hybridized carbons (Fsp3) is 0.500. The van der Waals surface area contributed by atoms with Gasteiger partial charge < -0.3 is 24.8 Å². The first-order valence-electron chi connectivity index (χ1n) is 12.9. The van der Waals surface area contributed by atoms with Crippen LogP contribution in [0.15, 0.2) is 42.7 Å². The molecule has 0 aliphatic carbocycles. The minimum Gasteiger partial charge on any atom is -0.444 e. The summed E-state index contributed by atoms with van der Waals surface area (Å²) in [7, 11) is 0. The Kier molecular flexibility index (Phi) is 8.17. The quantitative estimate of drug-likeness (QED) is 0.618. The Balaban J connectivity index is 1.41. The summed E-state index contributed by atoms with van der Waals surface area (Å²) >= 11 is 0. The predicted octanol–water partition coefficient (Wildman–Crippen LogP) is 3.80. The van der Waals surface area contributed by atoms with Gasteiger partial charge in [0.05, 0.1) is 18.0 Å². The van der Waals surface area contributed by atoms with Gasteiger partial charge in [0.25, 0.3) is 0 Å². The van der Waals surface area contributed by atoms with Crippen LogP contribution in [-0.4, -0.2) is 72.8 Å². The highest BCUT2D eigenvalue weighted by molar-refractivity contribution is 5.86. The van der Waals surface area contributed by atoms with Crippen LogP contribution in [0, 0.1) is 11.3 Å². The summed E-state index contributed by atoms with van der Waals surface area (Å²) in [6.07, 6.45) is 6.15. The standard InChI is InChI=1S/C28H36N6O3/c1-28(2,3)37-27(36)33-16-14-32(15-17-33)23-9-7-21(8-10-23)22-18-24(20-30-19-22)34-13-5-4-6-25(34)26(35)31-12-11-29/h7-10,18-20,25H,4-6,12-17H2,1-3H3,(H,31,35). The number of carbonyl (C=O) groups is 2. The van der Waals surface area contributed by atoms with Crippen LogP contribution >= 0.6 is 0 Å². The number of ether oxygens (including phenoxy) is 1. The SMILES string of the molecule is CC(C)(C)OC(=O)N1CCN(c2ccc(-c3cncc(N4CCCCC4C(=O)NCC#N)c3)cc2)CC1. The summed E-state index contributed by atoms with van der Waals surface area (Å²) in [4.78, 5) is 35.6. The maximum absolute atomic E-state index is 12.6. The third-order valence-electron chi connectivity index (χ3n) is 6.70. The van der Waals surface area contributed by atoms with Crippen molar-refractivity contribution in [2.75, 3.05) is 49.1 Å². The summed E-state index contributed by atoms with van der Waals surface area (Å²) in [6, 6.07) is 12.1. The van der Waals surface area contributed by atoms with Crippen molar-refractivity contribution in [3.63, 3.8) is 0 Å². The molecule has 0 saturated carbocycles. The summed E-state index contributed by atoms with van der Waals surface area (Å²) in [5.74, 6) is -0.109. The van der Waals surface area contributed by atoms with Crippen LogP contribution in [0.25, 0.3) is 11.1 Å². The highest BCUT2D eigenvalue weighted by Crippen LogP contribution is 2.30. The zero-order valence-corrected chi connectivity index (χ0v) is 21.9. The van der Waals surface area contributed by atoms with Gasteiger partial charge in [0.1, 0.15) is 18.2 Å². The molecule has 1 N–H and O–H groups in total. The van der Waals surface area contributed by atoms with Crippen molar-refractivity contribution < 1.29 is 14.3 Å². The molecule has 1 aromatic heterocycles. The van der Waals surface area contributed by atoms with E-state index in [0.717, 1.165) is 61.4 Å². The Morgan fingerprint density at radius 2 is 1.76 bits per heavy atom. The van der Waals surface area contributed by atoms with Gasteiger partial charge >= 0.3 is 6.09 Å². The number of hydrogen-bond donors (Lipinski definition) is 1. The van der Waals surface area contributed by atoms with Crippen LogP contribution in [0.3, 0.4) is 0 Å². The van der Waals surface area contributed by atoms with E-state index in [1.54, 1.807) is 11.1 Å². The number of carbonyl (C=O) groups excluding carboxylic acids is 2. The number of piperidine rings is 1. The number of amides is 2. The topological polar surface area (TPSA) is 102 Å². The molecule has 196 valence electrons. The van der Waals surface area contributed by atoms with Gasteiger partial charge in [-0.3, -0.25) is 9.78 Å². The lowest BCUT2D eigenvalue weighted by molar-refractivity contribution is -0.122. The Labute approximate surface area is 219 Å². The summed E-state index contributed by atoms with van der Waals surface area (Å²) in [5.41, 5.74) is 3.57. The molecule has 1 atom stereocenters. The van der Waals surface area contributed by atoms with Gasteiger partial charge in [0, 0.05) is 50.2 Å². The van der Waals surface area contributed by atoms with E-state index in [4.69, 9.17) is 10.00 Å². The molecule has 2 saturated heterocycles. The Morgan fingerprint density at radius 1 is 1.03 bits per heavy atom. The third kappa shape index (κ3) is 6.70. The van der Waals surface area contributed by atoms with Gasteiger partial charge in [-0.25, -0.2) is 4.79 Å². The summed E-state index contributed by atoms with van der Waals surface area (Å²) in [5, 5.41) is 11.5. The molecule has 2 fully saturated rings. The number of rotatable bonds is 5. The normalized spacial score (nSPS) is 18.2. The number of benzene rings is 1.